The summed E-state index contributed by atoms with van der Waals surface area (Å²) in [5.74, 6) is -2.39. The van der Waals surface area contributed by atoms with Crippen LogP contribution in [0.2, 0.25) is 0 Å². The number of rotatable bonds is 4. The second kappa shape index (κ2) is 11.9. The number of halogens is 8. The van der Waals surface area contributed by atoms with E-state index in [9.17, 15) is 45.1 Å². The maximum atomic E-state index is 15.9. The van der Waals surface area contributed by atoms with Crippen molar-refractivity contribution >= 4 is 23.5 Å². The summed E-state index contributed by atoms with van der Waals surface area (Å²) in [6.45, 7) is 1.07. The van der Waals surface area contributed by atoms with Crippen LogP contribution in [0.15, 0.2) is 42.5 Å². The Morgan fingerprint density at radius 2 is 1.36 bits per heavy atom. The molecular formula is C29H30F8N4O3. The molecule has 0 radical (unpaired) electrons. The highest BCUT2D eigenvalue weighted by molar-refractivity contribution is 5.92. The summed E-state index contributed by atoms with van der Waals surface area (Å²) >= 11 is 0. The van der Waals surface area contributed by atoms with Gasteiger partial charge in [-0.3, -0.25) is 14.5 Å². The molecule has 2 aliphatic rings. The van der Waals surface area contributed by atoms with E-state index in [1.165, 1.54) is 35.9 Å². The van der Waals surface area contributed by atoms with Gasteiger partial charge in [0.05, 0.1) is 17.2 Å². The molecular weight excluding hydrogens is 604 g/mol. The number of hydrogen-bond donors (Lipinski definition) is 0. The van der Waals surface area contributed by atoms with Crippen molar-refractivity contribution in [3.05, 3.63) is 65.0 Å². The lowest BCUT2D eigenvalue weighted by Crippen LogP contribution is -2.53. The molecule has 2 aliphatic heterocycles. The number of alkyl halides is 7. The molecule has 4 amide bonds. The molecule has 2 atom stereocenters. The third-order valence-electron chi connectivity index (χ3n) is 8.30. The van der Waals surface area contributed by atoms with Crippen molar-refractivity contribution in [2.24, 2.45) is 0 Å². The monoisotopic (exact) mass is 634 g/mol. The summed E-state index contributed by atoms with van der Waals surface area (Å²) in [5.41, 5.74) is -5.69. The average Bonchev–Trinajstić information content (AvgIpc) is 3.40. The smallest absolute Gasteiger partial charge is 0.343 e. The van der Waals surface area contributed by atoms with Gasteiger partial charge >= 0.3 is 18.4 Å². The van der Waals surface area contributed by atoms with Crippen LogP contribution in [0.1, 0.15) is 42.4 Å². The lowest BCUT2D eigenvalue weighted by atomic mass is 9.91. The lowest BCUT2D eigenvalue weighted by molar-refractivity contribution is -0.149. The fourth-order valence-electron chi connectivity index (χ4n) is 5.68. The number of amides is 4. The zero-order chi connectivity index (χ0) is 32.8. The van der Waals surface area contributed by atoms with Gasteiger partial charge < -0.3 is 14.7 Å². The van der Waals surface area contributed by atoms with Gasteiger partial charge in [-0.2, -0.15) is 26.3 Å². The quantitative estimate of drug-likeness (QED) is 0.406. The molecule has 0 aliphatic carbocycles. The van der Waals surface area contributed by atoms with Crippen LogP contribution >= 0.6 is 0 Å². The van der Waals surface area contributed by atoms with Gasteiger partial charge in [-0.05, 0) is 35.9 Å². The molecule has 44 heavy (non-hydrogen) atoms. The predicted molar refractivity (Wildman–Crippen MR) is 143 cm³/mol. The van der Waals surface area contributed by atoms with E-state index in [0.29, 0.717) is 22.6 Å². The highest BCUT2D eigenvalue weighted by Crippen LogP contribution is 2.40. The maximum absolute atomic E-state index is 15.9. The number of hydrogen-bond acceptors (Lipinski definition) is 3. The molecule has 0 aromatic heterocycles. The molecule has 15 heteroatoms. The lowest BCUT2D eigenvalue weighted by Gasteiger charge is -2.37. The summed E-state index contributed by atoms with van der Waals surface area (Å²) in [6, 6.07) is 4.03. The molecule has 0 N–H and O–H groups in total. The van der Waals surface area contributed by atoms with Crippen LogP contribution in [0.25, 0.3) is 0 Å². The van der Waals surface area contributed by atoms with E-state index < -0.39 is 64.6 Å². The standard InChI is InChI=1S/C29H30F8N4O3/c1-17(42)40-10-8-27(31,9-11-40)25(43)41-15-23(18-4-6-21(30)7-5-18)24(16-41)39(3)26(44)38(2)22-13-19(28(32,33)34)12-20(14-22)29(35,36)37/h4-7,12-14,23-24H,8-11,15-16H2,1-3H3. The first-order valence-electron chi connectivity index (χ1n) is 13.6. The van der Waals surface area contributed by atoms with Crippen LogP contribution in [0.3, 0.4) is 0 Å². The summed E-state index contributed by atoms with van der Waals surface area (Å²) in [6.07, 6.45) is -10.8. The van der Waals surface area contributed by atoms with Gasteiger partial charge in [-0.15, -0.1) is 0 Å². The molecule has 2 heterocycles. The molecule has 0 bridgehead atoms. The Labute approximate surface area is 248 Å². The highest BCUT2D eigenvalue weighted by Gasteiger charge is 2.49. The van der Waals surface area contributed by atoms with Crippen molar-refractivity contribution in [3.8, 4) is 0 Å². The number of carbonyl (C=O) groups is 3. The minimum Gasteiger partial charge on any atom is -0.343 e. The van der Waals surface area contributed by atoms with Crippen LogP contribution in [-0.4, -0.2) is 84.5 Å². The van der Waals surface area contributed by atoms with E-state index in [2.05, 4.69) is 0 Å². The predicted octanol–water partition coefficient (Wildman–Crippen LogP) is 5.70. The highest BCUT2D eigenvalue weighted by atomic mass is 19.4. The number of carbonyl (C=O) groups excluding carboxylic acids is 3. The van der Waals surface area contributed by atoms with Crippen LogP contribution in [0.5, 0.6) is 0 Å². The second-order valence-corrected chi connectivity index (χ2v) is 11.1. The summed E-state index contributed by atoms with van der Waals surface area (Å²) in [7, 11) is 2.28. The number of urea groups is 1. The number of benzene rings is 2. The molecule has 4 rings (SSSR count). The fraction of sp³-hybridized carbons (Fsp3) is 0.483. The van der Waals surface area contributed by atoms with Gasteiger partial charge in [0, 0.05) is 71.6 Å². The Bertz CT molecular complexity index is 1370. The van der Waals surface area contributed by atoms with E-state index in [4.69, 9.17) is 0 Å². The minimum absolute atomic E-state index is 0.0241. The van der Waals surface area contributed by atoms with Crippen LogP contribution in [-0.2, 0) is 21.9 Å². The van der Waals surface area contributed by atoms with E-state index in [-0.39, 0.29) is 51.0 Å². The van der Waals surface area contributed by atoms with Gasteiger partial charge in [0.15, 0.2) is 5.67 Å². The molecule has 2 unspecified atom stereocenters. The minimum atomic E-state index is -5.13. The molecule has 7 nitrogen and oxygen atoms in total. The summed E-state index contributed by atoms with van der Waals surface area (Å²) in [5, 5.41) is 0. The van der Waals surface area contributed by atoms with Crippen molar-refractivity contribution < 1.29 is 49.5 Å². The van der Waals surface area contributed by atoms with Crippen molar-refractivity contribution in [1.82, 2.24) is 14.7 Å². The first-order valence-corrected chi connectivity index (χ1v) is 13.6. The second-order valence-electron chi connectivity index (χ2n) is 11.1. The molecule has 0 saturated carbocycles. The zero-order valence-corrected chi connectivity index (χ0v) is 24.0. The molecule has 2 aromatic carbocycles. The van der Waals surface area contributed by atoms with Crippen molar-refractivity contribution in [3.63, 3.8) is 0 Å². The van der Waals surface area contributed by atoms with Crippen molar-refractivity contribution in [2.75, 3.05) is 45.2 Å². The Morgan fingerprint density at radius 1 is 0.841 bits per heavy atom. The van der Waals surface area contributed by atoms with Gasteiger partial charge in [-0.1, -0.05) is 12.1 Å². The Kier molecular flexibility index (Phi) is 8.91. The number of nitrogens with zero attached hydrogens (tertiary/aromatic N) is 4. The first-order chi connectivity index (χ1) is 20.3. The summed E-state index contributed by atoms with van der Waals surface area (Å²) < 4.78 is 110. The van der Waals surface area contributed by atoms with E-state index in [1.54, 1.807) is 0 Å². The largest absolute Gasteiger partial charge is 0.416 e. The van der Waals surface area contributed by atoms with Crippen molar-refractivity contribution in [2.45, 2.75) is 49.7 Å². The maximum Gasteiger partial charge on any atom is 0.416 e. The number of likely N-dealkylation sites (tertiary alicyclic amines) is 2. The number of likely N-dealkylation sites (N-methyl/N-ethyl adjacent to an activating group) is 1. The van der Waals surface area contributed by atoms with Gasteiger partial charge in [-0.25, -0.2) is 13.6 Å². The Hall–Kier alpha value is -3.91. The van der Waals surface area contributed by atoms with Gasteiger partial charge in [0.2, 0.25) is 5.91 Å². The van der Waals surface area contributed by atoms with Crippen molar-refractivity contribution in [1.29, 1.82) is 0 Å². The molecule has 2 saturated heterocycles. The number of anilines is 1. The molecule has 2 fully saturated rings. The van der Waals surface area contributed by atoms with Gasteiger partial charge in [0.1, 0.15) is 5.82 Å². The summed E-state index contributed by atoms with van der Waals surface area (Å²) in [4.78, 5) is 43.0. The van der Waals surface area contributed by atoms with E-state index >= 15 is 4.39 Å². The third-order valence-corrected chi connectivity index (χ3v) is 8.30. The normalized spacial score (nSPS) is 20.4. The van der Waals surface area contributed by atoms with Crippen LogP contribution in [0.4, 0.5) is 45.6 Å². The Morgan fingerprint density at radius 3 is 1.84 bits per heavy atom. The Balaban J connectivity index is 1.63. The SMILES string of the molecule is CC(=O)N1CCC(F)(C(=O)N2CC(c3ccc(F)cc3)C(N(C)C(=O)N(C)c3cc(C(F)(F)F)cc(C(F)(F)F)c3)C2)CC1. The molecule has 0 spiro atoms. The zero-order valence-electron chi connectivity index (χ0n) is 24.0. The molecule has 2 aromatic rings. The van der Waals surface area contributed by atoms with Gasteiger partial charge in [0.25, 0.3) is 5.91 Å². The van der Waals surface area contributed by atoms with Crippen LogP contribution in [0, 0.1) is 5.82 Å². The molecule has 240 valence electrons. The fourth-order valence-corrected chi connectivity index (χ4v) is 5.68. The average molecular weight is 635 g/mol. The van der Waals surface area contributed by atoms with E-state index in [1.807, 2.05) is 0 Å². The third kappa shape index (κ3) is 6.75. The number of piperidine rings is 1. The first kappa shape index (κ1) is 33.0. The van der Waals surface area contributed by atoms with Crippen LogP contribution < -0.4 is 4.90 Å². The van der Waals surface area contributed by atoms with E-state index in [0.717, 1.165) is 24.1 Å². The topological polar surface area (TPSA) is 64.2 Å².